The van der Waals surface area contributed by atoms with E-state index in [1.807, 2.05) is 43.3 Å². The molecule has 3 aromatic rings. The lowest BCUT2D eigenvalue weighted by Crippen LogP contribution is -2.13. The van der Waals surface area contributed by atoms with Crippen molar-refractivity contribution in [2.75, 3.05) is 11.9 Å². The number of rotatable bonds is 8. The number of anilines is 1. The van der Waals surface area contributed by atoms with Gasteiger partial charge >= 0.3 is 5.97 Å². The molecule has 3 rings (SSSR count). The van der Waals surface area contributed by atoms with Crippen molar-refractivity contribution >= 4 is 68.8 Å². The summed E-state index contributed by atoms with van der Waals surface area (Å²) < 4.78 is 12.8. The Morgan fingerprint density at radius 2 is 1.74 bits per heavy atom. The number of benzene rings is 3. The van der Waals surface area contributed by atoms with Gasteiger partial charge in [0, 0.05) is 5.69 Å². The number of nitriles is 1. The highest BCUT2D eigenvalue weighted by Crippen LogP contribution is 2.30. The standard InChI is InChI=1S/C27H22I2N2O4/c1-3-34-27(33)20-7-9-22(10-8-20)31-26(32)21(15-30)12-19-13-23(28)25(24(29)14-19)35-16-18-6-4-5-17(2)11-18/h4-14H,3,16H2,1-2H3,(H,31,32)/b21-12+. The summed E-state index contributed by atoms with van der Waals surface area (Å²) >= 11 is 4.38. The number of ether oxygens (including phenoxy) is 2. The minimum absolute atomic E-state index is 0.0421. The summed E-state index contributed by atoms with van der Waals surface area (Å²) in [5.74, 6) is -0.214. The molecule has 6 nitrogen and oxygen atoms in total. The molecule has 8 heteroatoms. The van der Waals surface area contributed by atoms with Crippen LogP contribution in [0.3, 0.4) is 0 Å². The topological polar surface area (TPSA) is 88.4 Å². The maximum absolute atomic E-state index is 12.7. The molecule has 0 atom stereocenters. The summed E-state index contributed by atoms with van der Waals surface area (Å²) in [5.41, 5.74) is 3.78. The van der Waals surface area contributed by atoms with Crippen molar-refractivity contribution in [3.05, 3.63) is 95.6 Å². The van der Waals surface area contributed by atoms with Crippen molar-refractivity contribution < 1.29 is 19.1 Å². The van der Waals surface area contributed by atoms with Gasteiger partial charge in [-0.1, -0.05) is 29.8 Å². The van der Waals surface area contributed by atoms with E-state index in [0.29, 0.717) is 23.4 Å². The highest BCUT2D eigenvalue weighted by atomic mass is 127. The Morgan fingerprint density at radius 1 is 1.06 bits per heavy atom. The third kappa shape index (κ3) is 7.53. The van der Waals surface area contributed by atoms with E-state index >= 15 is 0 Å². The number of hydrogen-bond donors (Lipinski definition) is 1. The number of amides is 1. The maximum atomic E-state index is 12.7. The highest BCUT2D eigenvalue weighted by molar-refractivity contribution is 14.1. The molecule has 0 spiro atoms. The summed E-state index contributed by atoms with van der Waals surface area (Å²) in [5, 5.41) is 12.3. The monoisotopic (exact) mass is 692 g/mol. The molecule has 0 radical (unpaired) electrons. The molecule has 178 valence electrons. The molecule has 0 unspecified atom stereocenters. The van der Waals surface area contributed by atoms with E-state index in [-0.39, 0.29) is 12.2 Å². The second-order valence-electron chi connectivity index (χ2n) is 7.51. The van der Waals surface area contributed by atoms with E-state index in [9.17, 15) is 14.9 Å². The number of nitrogens with one attached hydrogen (secondary N) is 1. The van der Waals surface area contributed by atoms with Crippen molar-refractivity contribution in [2.24, 2.45) is 0 Å². The predicted molar refractivity (Wildman–Crippen MR) is 152 cm³/mol. The largest absolute Gasteiger partial charge is 0.487 e. The van der Waals surface area contributed by atoms with E-state index in [1.54, 1.807) is 31.2 Å². The Morgan fingerprint density at radius 3 is 2.34 bits per heavy atom. The van der Waals surface area contributed by atoms with Crippen molar-refractivity contribution in [1.82, 2.24) is 0 Å². The van der Waals surface area contributed by atoms with Crippen LogP contribution < -0.4 is 10.1 Å². The smallest absolute Gasteiger partial charge is 0.338 e. The first-order valence-electron chi connectivity index (χ1n) is 10.7. The molecule has 0 aliphatic carbocycles. The number of carbonyl (C=O) groups is 2. The van der Waals surface area contributed by atoms with Gasteiger partial charge in [0.05, 0.1) is 19.3 Å². The van der Waals surface area contributed by atoms with Crippen molar-refractivity contribution in [2.45, 2.75) is 20.5 Å². The van der Waals surface area contributed by atoms with E-state index < -0.39 is 11.9 Å². The zero-order chi connectivity index (χ0) is 25.4. The first-order chi connectivity index (χ1) is 16.8. The zero-order valence-corrected chi connectivity index (χ0v) is 23.4. The van der Waals surface area contributed by atoms with Gasteiger partial charge in [0.25, 0.3) is 5.91 Å². The molecular formula is C27H22I2N2O4. The molecule has 0 heterocycles. The summed E-state index contributed by atoms with van der Waals surface area (Å²) in [6, 6.07) is 20.1. The van der Waals surface area contributed by atoms with Crippen molar-refractivity contribution in [1.29, 1.82) is 5.26 Å². The SMILES string of the molecule is CCOC(=O)c1ccc(NC(=O)/C(C#N)=C/c2cc(I)c(OCc3cccc(C)c3)c(I)c2)cc1. The summed E-state index contributed by atoms with van der Waals surface area (Å²) in [6.07, 6.45) is 1.54. The third-order valence-electron chi connectivity index (χ3n) is 4.82. The molecule has 1 amide bonds. The fourth-order valence-electron chi connectivity index (χ4n) is 3.18. The fraction of sp³-hybridized carbons (Fsp3) is 0.148. The maximum Gasteiger partial charge on any atom is 0.338 e. The fourth-order valence-corrected chi connectivity index (χ4v) is 5.30. The van der Waals surface area contributed by atoms with Gasteiger partial charge in [0.2, 0.25) is 0 Å². The van der Waals surface area contributed by atoms with Crippen LogP contribution in [0.5, 0.6) is 5.75 Å². The van der Waals surface area contributed by atoms with Crippen LogP contribution in [0.1, 0.15) is 34.0 Å². The quantitative estimate of drug-likeness (QED) is 0.126. The van der Waals surface area contributed by atoms with Gasteiger partial charge in [0.15, 0.2) is 0 Å². The number of nitrogens with zero attached hydrogens (tertiary/aromatic N) is 1. The van der Waals surface area contributed by atoms with Crippen LogP contribution in [0.25, 0.3) is 6.08 Å². The summed E-state index contributed by atoms with van der Waals surface area (Å²) in [6.45, 7) is 4.50. The number of aryl methyl sites for hydroxylation is 1. The Kier molecular flexibility index (Phi) is 9.68. The van der Waals surface area contributed by atoms with Gasteiger partial charge in [-0.2, -0.15) is 5.26 Å². The Hall–Kier alpha value is -2.91. The van der Waals surface area contributed by atoms with Crippen LogP contribution >= 0.6 is 45.2 Å². The zero-order valence-electron chi connectivity index (χ0n) is 19.1. The number of esters is 1. The lowest BCUT2D eigenvalue weighted by atomic mass is 10.1. The summed E-state index contributed by atoms with van der Waals surface area (Å²) in [4.78, 5) is 24.4. The molecule has 0 saturated carbocycles. The third-order valence-corrected chi connectivity index (χ3v) is 6.42. The second kappa shape index (κ2) is 12.7. The lowest BCUT2D eigenvalue weighted by Gasteiger charge is -2.12. The van der Waals surface area contributed by atoms with Gasteiger partial charge in [-0.05, 0) is 113 Å². The van der Waals surface area contributed by atoms with Crippen LogP contribution in [0.2, 0.25) is 0 Å². The average molecular weight is 692 g/mol. The van der Waals surface area contributed by atoms with Crippen molar-refractivity contribution in [3.63, 3.8) is 0 Å². The minimum atomic E-state index is -0.541. The number of carbonyl (C=O) groups excluding carboxylic acids is 2. The van der Waals surface area contributed by atoms with Gasteiger partial charge < -0.3 is 14.8 Å². The molecule has 0 saturated heterocycles. The van der Waals surface area contributed by atoms with Crippen molar-refractivity contribution in [3.8, 4) is 11.8 Å². The van der Waals surface area contributed by atoms with E-state index in [2.05, 4.69) is 56.6 Å². The molecule has 3 aromatic carbocycles. The Labute approximate surface area is 231 Å². The molecule has 0 fully saturated rings. The summed E-state index contributed by atoms with van der Waals surface area (Å²) in [7, 11) is 0. The van der Waals surface area contributed by atoms with Crippen LogP contribution in [0.15, 0.2) is 66.2 Å². The molecule has 0 aliphatic heterocycles. The predicted octanol–water partition coefficient (Wildman–Crippen LogP) is 6.51. The van der Waals surface area contributed by atoms with Gasteiger partial charge in [-0.25, -0.2) is 4.79 Å². The molecule has 1 N–H and O–H groups in total. The first-order valence-corrected chi connectivity index (χ1v) is 12.8. The molecular weight excluding hydrogens is 670 g/mol. The number of halogens is 2. The molecule has 0 aromatic heterocycles. The molecule has 35 heavy (non-hydrogen) atoms. The van der Waals surface area contributed by atoms with E-state index in [0.717, 1.165) is 18.5 Å². The lowest BCUT2D eigenvalue weighted by molar-refractivity contribution is -0.112. The van der Waals surface area contributed by atoms with E-state index in [1.165, 1.54) is 11.6 Å². The van der Waals surface area contributed by atoms with Gasteiger partial charge in [0.1, 0.15) is 24.0 Å². The Balaban J connectivity index is 1.72. The average Bonchev–Trinajstić information content (AvgIpc) is 2.82. The van der Waals surface area contributed by atoms with Crippen LogP contribution in [0.4, 0.5) is 5.69 Å². The Bertz CT molecular complexity index is 1290. The number of hydrogen-bond acceptors (Lipinski definition) is 5. The molecule has 0 aliphatic rings. The van der Waals surface area contributed by atoms with Crippen LogP contribution in [-0.2, 0) is 16.1 Å². The second-order valence-corrected chi connectivity index (χ2v) is 9.84. The van der Waals surface area contributed by atoms with Crippen LogP contribution in [0, 0.1) is 25.4 Å². The van der Waals surface area contributed by atoms with Crippen LogP contribution in [-0.4, -0.2) is 18.5 Å². The first kappa shape index (κ1) is 26.7. The highest BCUT2D eigenvalue weighted by Gasteiger charge is 2.14. The molecule has 0 bridgehead atoms. The normalized spacial score (nSPS) is 10.9. The van der Waals surface area contributed by atoms with Gasteiger partial charge in [-0.15, -0.1) is 0 Å². The van der Waals surface area contributed by atoms with Gasteiger partial charge in [-0.3, -0.25) is 4.79 Å². The minimum Gasteiger partial charge on any atom is -0.487 e. The van der Waals surface area contributed by atoms with E-state index in [4.69, 9.17) is 9.47 Å².